The lowest BCUT2D eigenvalue weighted by molar-refractivity contribution is 0.232. The van der Waals surface area contributed by atoms with Crippen molar-refractivity contribution in [1.82, 2.24) is 4.98 Å². The maximum absolute atomic E-state index is 11.0. The molecule has 0 saturated carbocycles. The van der Waals surface area contributed by atoms with E-state index in [1.54, 1.807) is 0 Å². The van der Waals surface area contributed by atoms with Crippen LogP contribution in [-0.2, 0) is 0 Å². The summed E-state index contributed by atoms with van der Waals surface area (Å²) in [6, 6.07) is 1.36. The van der Waals surface area contributed by atoms with Crippen molar-refractivity contribution in [3.63, 3.8) is 0 Å². The quantitative estimate of drug-likeness (QED) is 0.768. The molecule has 1 aromatic rings. The molecule has 0 unspecified atom stereocenters. The summed E-state index contributed by atoms with van der Waals surface area (Å²) in [5.74, 6) is 0.333. The smallest absolute Gasteiger partial charge is 0.214 e. The van der Waals surface area contributed by atoms with Gasteiger partial charge in [0.05, 0.1) is 6.10 Å². The molecular formula is C8H10ClNO2. The average Bonchev–Trinajstić information content (AvgIpc) is 1.98. The number of pyridine rings is 1. The molecule has 0 aliphatic carbocycles. The summed E-state index contributed by atoms with van der Waals surface area (Å²) >= 11 is 5.67. The molecule has 4 heteroatoms. The lowest BCUT2D eigenvalue weighted by Gasteiger charge is -2.09. The fourth-order valence-electron chi connectivity index (χ4n) is 0.763. The van der Waals surface area contributed by atoms with Crippen molar-refractivity contribution in [3.05, 3.63) is 27.5 Å². The first-order valence-corrected chi connectivity index (χ1v) is 4.03. The van der Waals surface area contributed by atoms with Crippen LogP contribution >= 0.6 is 11.6 Å². The highest BCUT2D eigenvalue weighted by molar-refractivity contribution is 6.31. The largest absolute Gasteiger partial charge is 0.475 e. The molecule has 0 fully saturated rings. The SMILES string of the molecule is CC(C)Oc1[nH]ccc(=O)c1Cl. The number of rotatable bonds is 2. The van der Waals surface area contributed by atoms with Gasteiger partial charge in [-0.25, -0.2) is 0 Å². The van der Waals surface area contributed by atoms with Crippen LogP contribution in [0.15, 0.2) is 17.1 Å². The first-order valence-electron chi connectivity index (χ1n) is 3.65. The molecule has 0 atom stereocenters. The lowest BCUT2D eigenvalue weighted by Crippen LogP contribution is -2.10. The second-order valence-electron chi connectivity index (χ2n) is 2.65. The van der Waals surface area contributed by atoms with Crippen molar-refractivity contribution in [2.75, 3.05) is 0 Å². The minimum atomic E-state index is -0.230. The molecule has 1 N–H and O–H groups in total. The van der Waals surface area contributed by atoms with E-state index in [-0.39, 0.29) is 16.6 Å². The fourth-order valence-corrected chi connectivity index (χ4v) is 0.925. The number of nitrogens with one attached hydrogen (secondary N) is 1. The number of H-pyrrole nitrogens is 1. The van der Waals surface area contributed by atoms with Gasteiger partial charge < -0.3 is 9.72 Å². The van der Waals surface area contributed by atoms with E-state index in [1.807, 2.05) is 13.8 Å². The van der Waals surface area contributed by atoms with E-state index < -0.39 is 0 Å². The summed E-state index contributed by atoms with van der Waals surface area (Å²) in [7, 11) is 0. The Labute approximate surface area is 75.3 Å². The molecule has 0 aromatic carbocycles. The molecule has 1 heterocycles. The summed E-state index contributed by atoms with van der Waals surface area (Å²) in [5.41, 5.74) is -0.230. The van der Waals surface area contributed by atoms with E-state index in [1.165, 1.54) is 12.3 Å². The van der Waals surface area contributed by atoms with Crippen LogP contribution in [0, 0.1) is 0 Å². The Balaban J connectivity index is 3.00. The van der Waals surface area contributed by atoms with E-state index in [2.05, 4.69) is 4.98 Å². The summed E-state index contributed by atoms with van der Waals surface area (Å²) in [6.45, 7) is 3.73. The van der Waals surface area contributed by atoms with Crippen LogP contribution in [0.1, 0.15) is 13.8 Å². The van der Waals surface area contributed by atoms with Gasteiger partial charge in [0.1, 0.15) is 5.02 Å². The van der Waals surface area contributed by atoms with Crippen LogP contribution in [0.2, 0.25) is 5.02 Å². The summed E-state index contributed by atoms with van der Waals surface area (Å²) < 4.78 is 5.24. The Morgan fingerprint density at radius 2 is 2.25 bits per heavy atom. The molecule has 3 nitrogen and oxygen atoms in total. The zero-order valence-corrected chi connectivity index (χ0v) is 7.68. The van der Waals surface area contributed by atoms with Gasteiger partial charge in [-0.1, -0.05) is 11.6 Å². The normalized spacial score (nSPS) is 10.3. The van der Waals surface area contributed by atoms with Crippen molar-refractivity contribution in [1.29, 1.82) is 0 Å². The van der Waals surface area contributed by atoms with Crippen molar-refractivity contribution >= 4 is 11.6 Å². The lowest BCUT2D eigenvalue weighted by atomic mass is 10.4. The maximum atomic E-state index is 11.0. The summed E-state index contributed by atoms with van der Waals surface area (Å²) in [5, 5.41) is 0.103. The Morgan fingerprint density at radius 3 is 2.83 bits per heavy atom. The Hall–Kier alpha value is -0.960. The highest BCUT2D eigenvalue weighted by Crippen LogP contribution is 2.16. The maximum Gasteiger partial charge on any atom is 0.214 e. The molecular weight excluding hydrogens is 178 g/mol. The van der Waals surface area contributed by atoms with Crippen molar-refractivity contribution < 1.29 is 4.74 Å². The molecule has 0 amide bonds. The highest BCUT2D eigenvalue weighted by Gasteiger charge is 2.05. The van der Waals surface area contributed by atoms with E-state index in [0.29, 0.717) is 5.88 Å². The third kappa shape index (κ3) is 2.01. The van der Waals surface area contributed by atoms with Crippen LogP contribution in [0.5, 0.6) is 5.88 Å². The van der Waals surface area contributed by atoms with Crippen LogP contribution in [0.4, 0.5) is 0 Å². The molecule has 12 heavy (non-hydrogen) atoms. The van der Waals surface area contributed by atoms with E-state index in [9.17, 15) is 4.79 Å². The van der Waals surface area contributed by atoms with Gasteiger partial charge >= 0.3 is 0 Å². The van der Waals surface area contributed by atoms with Gasteiger partial charge in [0.2, 0.25) is 11.3 Å². The van der Waals surface area contributed by atoms with Gasteiger partial charge in [-0.15, -0.1) is 0 Å². The Bertz CT molecular complexity index is 319. The van der Waals surface area contributed by atoms with E-state index >= 15 is 0 Å². The third-order valence-corrected chi connectivity index (χ3v) is 1.58. The number of halogens is 1. The van der Waals surface area contributed by atoms with Crippen LogP contribution in [0.3, 0.4) is 0 Å². The van der Waals surface area contributed by atoms with Crippen LogP contribution in [-0.4, -0.2) is 11.1 Å². The zero-order valence-electron chi connectivity index (χ0n) is 6.93. The van der Waals surface area contributed by atoms with Crippen molar-refractivity contribution in [2.45, 2.75) is 20.0 Å². The molecule has 0 saturated heterocycles. The number of hydrogen-bond donors (Lipinski definition) is 1. The van der Waals surface area contributed by atoms with E-state index in [0.717, 1.165) is 0 Å². The number of aromatic amines is 1. The molecule has 66 valence electrons. The molecule has 0 aliphatic heterocycles. The molecule has 1 rings (SSSR count). The third-order valence-electron chi connectivity index (χ3n) is 1.22. The Kier molecular flexibility index (Phi) is 2.76. The molecule has 1 aromatic heterocycles. The predicted octanol–water partition coefficient (Wildman–Crippen LogP) is 1.82. The standard InChI is InChI=1S/C8H10ClNO2/c1-5(2)12-8-7(9)6(11)3-4-10-8/h3-5H,1-2H3,(H,10,11). The summed E-state index contributed by atoms with van der Waals surface area (Å²) in [6.07, 6.45) is 1.51. The number of hydrogen-bond acceptors (Lipinski definition) is 2. The molecule has 0 bridgehead atoms. The second kappa shape index (κ2) is 3.63. The molecule has 0 aliphatic rings. The molecule has 0 spiro atoms. The topological polar surface area (TPSA) is 42.1 Å². The minimum Gasteiger partial charge on any atom is -0.475 e. The van der Waals surface area contributed by atoms with Gasteiger partial charge in [-0.3, -0.25) is 4.79 Å². The van der Waals surface area contributed by atoms with Gasteiger partial charge in [0, 0.05) is 12.3 Å². The van der Waals surface area contributed by atoms with Crippen molar-refractivity contribution in [2.24, 2.45) is 0 Å². The van der Waals surface area contributed by atoms with Crippen molar-refractivity contribution in [3.8, 4) is 5.88 Å². The fraction of sp³-hybridized carbons (Fsp3) is 0.375. The second-order valence-corrected chi connectivity index (χ2v) is 3.03. The highest BCUT2D eigenvalue weighted by atomic mass is 35.5. The first kappa shape index (κ1) is 9.13. The van der Waals surface area contributed by atoms with Gasteiger partial charge in [-0.2, -0.15) is 0 Å². The van der Waals surface area contributed by atoms with E-state index in [4.69, 9.17) is 16.3 Å². The average molecular weight is 188 g/mol. The van der Waals surface area contributed by atoms with Gasteiger partial charge in [0.25, 0.3) is 0 Å². The minimum absolute atomic E-state index is 0.000509. The number of ether oxygens (including phenoxy) is 1. The zero-order chi connectivity index (χ0) is 9.14. The van der Waals surface area contributed by atoms with Crippen LogP contribution in [0.25, 0.3) is 0 Å². The first-order chi connectivity index (χ1) is 5.61. The number of aromatic nitrogens is 1. The van der Waals surface area contributed by atoms with Gasteiger partial charge in [-0.05, 0) is 13.8 Å². The van der Waals surface area contributed by atoms with Crippen LogP contribution < -0.4 is 10.2 Å². The molecule has 0 radical (unpaired) electrons. The monoisotopic (exact) mass is 187 g/mol. The summed E-state index contributed by atoms with van der Waals surface area (Å²) in [4.78, 5) is 13.7. The predicted molar refractivity (Wildman–Crippen MR) is 47.8 cm³/mol. The Morgan fingerprint density at radius 1 is 1.58 bits per heavy atom. The van der Waals surface area contributed by atoms with Gasteiger partial charge in [0.15, 0.2) is 0 Å².